The average Bonchev–Trinajstić information content (AvgIpc) is 2.98. The highest BCUT2D eigenvalue weighted by molar-refractivity contribution is 5.92. The molecule has 0 N–H and O–H groups in total. The summed E-state index contributed by atoms with van der Waals surface area (Å²) < 4.78 is 2.01. The zero-order valence-corrected chi connectivity index (χ0v) is 15.7. The van der Waals surface area contributed by atoms with Gasteiger partial charge in [0.1, 0.15) is 0 Å². The van der Waals surface area contributed by atoms with Gasteiger partial charge in [-0.15, -0.1) is 0 Å². The molecule has 0 amide bonds. The summed E-state index contributed by atoms with van der Waals surface area (Å²) in [5, 5.41) is 5.66. The Kier molecular flexibility index (Phi) is 4.89. The molecule has 0 aliphatic carbocycles. The molecule has 26 heavy (non-hydrogen) atoms. The van der Waals surface area contributed by atoms with Crippen molar-refractivity contribution in [1.82, 2.24) is 19.7 Å². The standard InChI is InChI=1S/C21H27N5/c1-3-26-16-18(14-22-26)15-24-9-6-10-25(12-11-24)21-13-17(2)23-20-8-5-4-7-19(20)21/h4-5,7-8,13-14,16H,3,6,9-12,15H2,1-2H3. The zero-order valence-electron chi connectivity index (χ0n) is 15.7. The van der Waals surface area contributed by atoms with Gasteiger partial charge in [0.05, 0.1) is 11.7 Å². The van der Waals surface area contributed by atoms with E-state index in [1.807, 2.05) is 10.9 Å². The van der Waals surface area contributed by atoms with E-state index in [0.717, 1.165) is 50.5 Å². The molecule has 1 saturated heterocycles. The topological polar surface area (TPSA) is 37.2 Å². The van der Waals surface area contributed by atoms with E-state index in [1.54, 1.807) is 0 Å². The molecule has 0 atom stereocenters. The van der Waals surface area contributed by atoms with Crippen LogP contribution in [0, 0.1) is 6.92 Å². The molecule has 3 aromatic rings. The fraction of sp³-hybridized carbons (Fsp3) is 0.429. The Morgan fingerprint density at radius 1 is 1.08 bits per heavy atom. The molecular formula is C21H27N5. The van der Waals surface area contributed by atoms with Gasteiger partial charge >= 0.3 is 0 Å². The van der Waals surface area contributed by atoms with Crippen molar-refractivity contribution in [2.75, 3.05) is 31.1 Å². The van der Waals surface area contributed by atoms with E-state index in [1.165, 1.54) is 23.1 Å². The minimum Gasteiger partial charge on any atom is -0.370 e. The van der Waals surface area contributed by atoms with Crippen LogP contribution in [0.15, 0.2) is 42.7 Å². The Morgan fingerprint density at radius 2 is 1.96 bits per heavy atom. The number of aromatic nitrogens is 3. The van der Waals surface area contributed by atoms with Crippen LogP contribution in [0.1, 0.15) is 24.6 Å². The lowest BCUT2D eigenvalue weighted by molar-refractivity contribution is 0.285. The van der Waals surface area contributed by atoms with Gasteiger partial charge in [0.2, 0.25) is 0 Å². The van der Waals surface area contributed by atoms with Gasteiger partial charge in [-0.3, -0.25) is 14.6 Å². The quantitative estimate of drug-likeness (QED) is 0.723. The van der Waals surface area contributed by atoms with E-state index in [2.05, 4.69) is 70.3 Å². The van der Waals surface area contributed by atoms with E-state index in [9.17, 15) is 0 Å². The molecule has 0 saturated carbocycles. The molecule has 1 aliphatic heterocycles. The number of nitrogens with zero attached hydrogens (tertiary/aromatic N) is 5. The van der Waals surface area contributed by atoms with Crippen LogP contribution in [0.25, 0.3) is 10.9 Å². The fourth-order valence-corrected chi connectivity index (χ4v) is 3.84. The smallest absolute Gasteiger partial charge is 0.0726 e. The van der Waals surface area contributed by atoms with E-state index >= 15 is 0 Å². The molecule has 5 heteroatoms. The van der Waals surface area contributed by atoms with E-state index in [4.69, 9.17) is 0 Å². The fourth-order valence-electron chi connectivity index (χ4n) is 3.84. The predicted octanol–water partition coefficient (Wildman–Crippen LogP) is 3.47. The van der Waals surface area contributed by atoms with Crippen LogP contribution < -0.4 is 4.90 Å². The highest BCUT2D eigenvalue weighted by Gasteiger charge is 2.18. The number of benzene rings is 1. The molecule has 2 aromatic heterocycles. The van der Waals surface area contributed by atoms with Crippen LogP contribution in [0.2, 0.25) is 0 Å². The molecule has 1 fully saturated rings. The van der Waals surface area contributed by atoms with Gasteiger partial charge in [-0.05, 0) is 32.4 Å². The third-order valence-electron chi connectivity index (χ3n) is 5.17. The maximum absolute atomic E-state index is 4.69. The summed E-state index contributed by atoms with van der Waals surface area (Å²) in [5.41, 5.74) is 4.82. The molecule has 0 radical (unpaired) electrons. The van der Waals surface area contributed by atoms with Crippen molar-refractivity contribution in [3.8, 4) is 0 Å². The minimum absolute atomic E-state index is 0.933. The predicted molar refractivity (Wildman–Crippen MR) is 106 cm³/mol. The van der Waals surface area contributed by atoms with Crippen molar-refractivity contribution in [2.45, 2.75) is 33.4 Å². The third kappa shape index (κ3) is 3.58. The first kappa shape index (κ1) is 17.0. The second-order valence-electron chi connectivity index (χ2n) is 7.12. The van der Waals surface area contributed by atoms with E-state index in [0.29, 0.717) is 0 Å². The largest absolute Gasteiger partial charge is 0.370 e. The van der Waals surface area contributed by atoms with Crippen molar-refractivity contribution in [3.05, 3.63) is 54.0 Å². The molecule has 0 unspecified atom stereocenters. The third-order valence-corrected chi connectivity index (χ3v) is 5.17. The lowest BCUT2D eigenvalue weighted by Gasteiger charge is -2.25. The zero-order chi connectivity index (χ0) is 17.9. The van der Waals surface area contributed by atoms with Gasteiger partial charge in [0.15, 0.2) is 0 Å². The summed E-state index contributed by atoms with van der Waals surface area (Å²) in [6, 6.07) is 10.7. The van der Waals surface area contributed by atoms with Crippen LogP contribution in [0.3, 0.4) is 0 Å². The Bertz CT molecular complexity index is 885. The molecule has 0 spiro atoms. The molecular weight excluding hydrogens is 322 g/mol. The normalized spacial score (nSPS) is 16.2. The van der Waals surface area contributed by atoms with Crippen molar-refractivity contribution >= 4 is 16.6 Å². The lowest BCUT2D eigenvalue weighted by Crippen LogP contribution is -2.30. The maximum Gasteiger partial charge on any atom is 0.0726 e. The Labute approximate surface area is 155 Å². The van der Waals surface area contributed by atoms with Crippen molar-refractivity contribution in [3.63, 3.8) is 0 Å². The molecule has 1 aromatic carbocycles. The van der Waals surface area contributed by atoms with Crippen LogP contribution in [-0.2, 0) is 13.1 Å². The van der Waals surface area contributed by atoms with Crippen LogP contribution >= 0.6 is 0 Å². The number of rotatable bonds is 4. The minimum atomic E-state index is 0.933. The monoisotopic (exact) mass is 349 g/mol. The molecule has 4 rings (SSSR count). The van der Waals surface area contributed by atoms with Gasteiger partial charge in [-0.2, -0.15) is 5.10 Å². The van der Waals surface area contributed by atoms with E-state index in [-0.39, 0.29) is 0 Å². The Morgan fingerprint density at radius 3 is 2.81 bits per heavy atom. The Balaban J connectivity index is 1.50. The summed E-state index contributed by atoms with van der Waals surface area (Å²) in [6.45, 7) is 10.5. The summed E-state index contributed by atoms with van der Waals surface area (Å²) in [4.78, 5) is 9.77. The summed E-state index contributed by atoms with van der Waals surface area (Å²) in [7, 11) is 0. The van der Waals surface area contributed by atoms with Gasteiger partial charge in [-0.1, -0.05) is 18.2 Å². The molecule has 136 valence electrons. The first-order valence-corrected chi connectivity index (χ1v) is 9.58. The number of hydrogen-bond donors (Lipinski definition) is 0. The highest BCUT2D eigenvalue weighted by atomic mass is 15.3. The van der Waals surface area contributed by atoms with Crippen molar-refractivity contribution in [2.24, 2.45) is 0 Å². The van der Waals surface area contributed by atoms with Gasteiger partial charge < -0.3 is 4.90 Å². The molecule has 3 heterocycles. The van der Waals surface area contributed by atoms with Crippen LogP contribution in [0.4, 0.5) is 5.69 Å². The van der Waals surface area contributed by atoms with Crippen molar-refractivity contribution < 1.29 is 0 Å². The summed E-state index contributed by atoms with van der Waals surface area (Å²) in [5.74, 6) is 0. The lowest BCUT2D eigenvalue weighted by atomic mass is 10.1. The second kappa shape index (κ2) is 7.46. The second-order valence-corrected chi connectivity index (χ2v) is 7.12. The van der Waals surface area contributed by atoms with Crippen LogP contribution in [0.5, 0.6) is 0 Å². The average molecular weight is 349 g/mol. The maximum atomic E-state index is 4.69. The van der Waals surface area contributed by atoms with Gasteiger partial charge in [0, 0.05) is 67.8 Å². The number of fused-ring (bicyclic) bond motifs is 1. The highest BCUT2D eigenvalue weighted by Crippen LogP contribution is 2.27. The molecule has 5 nitrogen and oxygen atoms in total. The first-order chi connectivity index (χ1) is 12.7. The number of pyridine rings is 1. The number of anilines is 1. The summed E-state index contributed by atoms with van der Waals surface area (Å²) >= 11 is 0. The molecule has 1 aliphatic rings. The van der Waals surface area contributed by atoms with Gasteiger partial charge in [-0.25, -0.2) is 0 Å². The van der Waals surface area contributed by atoms with Crippen molar-refractivity contribution in [1.29, 1.82) is 0 Å². The van der Waals surface area contributed by atoms with Crippen LogP contribution in [-0.4, -0.2) is 45.8 Å². The van der Waals surface area contributed by atoms with E-state index < -0.39 is 0 Å². The number of aryl methyl sites for hydroxylation is 2. The summed E-state index contributed by atoms with van der Waals surface area (Å²) in [6.07, 6.45) is 5.35. The number of hydrogen-bond acceptors (Lipinski definition) is 4. The number of para-hydroxylation sites is 1. The molecule has 0 bridgehead atoms. The SMILES string of the molecule is CCn1cc(CN2CCCN(c3cc(C)nc4ccccc34)CC2)cn1. The van der Waals surface area contributed by atoms with Gasteiger partial charge in [0.25, 0.3) is 0 Å². The first-order valence-electron chi connectivity index (χ1n) is 9.58. The Hall–Kier alpha value is -2.40.